The zero-order chi connectivity index (χ0) is 18.0. The summed E-state index contributed by atoms with van der Waals surface area (Å²) in [6.45, 7) is 4.84. The molecular weight excluding hydrogens is 359 g/mol. The van der Waals surface area contributed by atoms with Crippen molar-refractivity contribution in [2.24, 2.45) is 5.10 Å². The molecule has 2 aromatic carbocycles. The first-order valence-corrected chi connectivity index (χ1v) is 8.50. The monoisotopic (exact) mass is 374 g/mol. The molecule has 3 rings (SSSR count). The highest BCUT2D eigenvalue weighted by molar-refractivity contribution is 6.36. The van der Waals surface area contributed by atoms with Crippen molar-refractivity contribution in [2.75, 3.05) is 0 Å². The number of hydrogen-bond acceptors (Lipinski definition) is 3. The minimum atomic E-state index is -0.313. The van der Waals surface area contributed by atoms with Gasteiger partial charge < -0.3 is 4.57 Å². The van der Waals surface area contributed by atoms with Crippen LogP contribution in [0, 0.1) is 6.92 Å². The molecule has 1 amide bonds. The summed E-state index contributed by atoms with van der Waals surface area (Å²) in [6, 6.07) is 10.5. The molecule has 1 aromatic heterocycles. The molecule has 0 fully saturated rings. The van der Waals surface area contributed by atoms with Crippen LogP contribution < -0.4 is 5.43 Å². The average Bonchev–Trinajstić information content (AvgIpc) is 2.90. The predicted molar refractivity (Wildman–Crippen MR) is 102 cm³/mol. The maximum Gasteiger partial charge on any atom is 0.271 e. The van der Waals surface area contributed by atoms with Gasteiger partial charge in [-0.25, -0.2) is 10.4 Å². The average molecular weight is 375 g/mol. The van der Waals surface area contributed by atoms with E-state index in [4.69, 9.17) is 23.2 Å². The zero-order valence-electron chi connectivity index (χ0n) is 13.8. The van der Waals surface area contributed by atoms with Gasteiger partial charge in [-0.2, -0.15) is 5.10 Å². The van der Waals surface area contributed by atoms with Gasteiger partial charge in [0, 0.05) is 22.7 Å². The fourth-order valence-electron chi connectivity index (χ4n) is 2.62. The molecule has 0 spiro atoms. The summed E-state index contributed by atoms with van der Waals surface area (Å²) in [6.07, 6.45) is 1.48. The molecule has 7 heteroatoms. The highest BCUT2D eigenvalue weighted by atomic mass is 35.5. The van der Waals surface area contributed by atoms with Crippen LogP contribution in [0.4, 0.5) is 0 Å². The van der Waals surface area contributed by atoms with Crippen LogP contribution in [-0.4, -0.2) is 21.7 Å². The summed E-state index contributed by atoms with van der Waals surface area (Å²) in [5.41, 5.74) is 5.45. The lowest BCUT2D eigenvalue weighted by Gasteiger charge is -2.03. The molecule has 0 atom stereocenters. The maximum absolute atomic E-state index is 12.3. The molecule has 1 N–H and O–H groups in total. The van der Waals surface area contributed by atoms with Gasteiger partial charge in [-0.1, -0.05) is 29.3 Å². The van der Waals surface area contributed by atoms with Crippen molar-refractivity contribution in [3.63, 3.8) is 0 Å². The second kappa shape index (κ2) is 7.25. The summed E-state index contributed by atoms with van der Waals surface area (Å²) in [4.78, 5) is 16.8. The van der Waals surface area contributed by atoms with E-state index in [1.54, 1.807) is 30.3 Å². The molecule has 0 saturated heterocycles. The number of halogens is 2. The van der Waals surface area contributed by atoms with Crippen molar-refractivity contribution >= 4 is 46.4 Å². The Bertz CT molecular complexity index is 979. The molecule has 25 heavy (non-hydrogen) atoms. The van der Waals surface area contributed by atoms with Crippen molar-refractivity contribution in [1.82, 2.24) is 15.0 Å². The lowest BCUT2D eigenvalue weighted by atomic mass is 10.2. The molecule has 0 aliphatic heterocycles. The number of imidazole rings is 1. The molecule has 0 aliphatic rings. The summed E-state index contributed by atoms with van der Waals surface area (Å²) in [5.74, 6) is 0.609. The summed E-state index contributed by atoms with van der Waals surface area (Å²) in [5, 5.41) is 4.96. The number of carbonyl (C=O) groups is 1. The van der Waals surface area contributed by atoms with Gasteiger partial charge in [-0.05, 0) is 44.2 Å². The Morgan fingerprint density at radius 2 is 2.08 bits per heavy atom. The summed E-state index contributed by atoms with van der Waals surface area (Å²) in [7, 11) is 0. The topological polar surface area (TPSA) is 59.3 Å². The van der Waals surface area contributed by atoms with Crippen LogP contribution in [0.1, 0.15) is 28.7 Å². The van der Waals surface area contributed by atoms with Crippen LogP contribution in [0.15, 0.2) is 41.5 Å². The van der Waals surface area contributed by atoms with Gasteiger partial charge in [0.2, 0.25) is 0 Å². The number of nitrogens with one attached hydrogen (secondary N) is 1. The SMILES string of the molecule is CCn1c(C)nc2cc(C(=O)N/N=C\c3ccc(Cl)cc3Cl)ccc21. The van der Waals surface area contributed by atoms with Crippen molar-refractivity contribution in [2.45, 2.75) is 20.4 Å². The molecule has 3 aromatic rings. The second-order valence-electron chi connectivity index (χ2n) is 5.47. The quantitative estimate of drug-likeness (QED) is 0.542. The van der Waals surface area contributed by atoms with Crippen molar-refractivity contribution < 1.29 is 4.79 Å². The number of rotatable bonds is 4. The Kier molecular flexibility index (Phi) is 5.06. The third kappa shape index (κ3) is 3.67. The third-order valence-electron chi connectivity index (χ3n) is 3.85. The van der Waals surface area contributed by atoms with E-state index in [2.05, 4.69) is 27.0 Å². The van der Waals surface area contributed by atoms with Crippen LogP contribution in [0.25, 0.3) is 11.0 Å². The lowest BCUT2D eigenvalue weighted by molar-refractivity contribution is 0.0955. The maximum atomic E-state index is 12.3. The Hall–Kier alpha value is -2.37. The highest BCUT2D eigenvalue weighted by Crippen LogP contribution is 2.20. The minimum Gasteiger partial charge on any atom is -0.329 e. The fourth-order valence-corrected chi connectivity index (χ4v) is 3.08. The highest BCUT2D eigenvalue weighted by Gasteiger charge is 2.10. The molecule has 0 unspecified atom stereocenters. The first kappa shape index (κ1) is 17.5. The molecule has 0 radical (unpaired) electrons. The van der Waals surface area contributed by atoms with E-state index < -0.39 is 0 Å². The third-order valence-corrected chi connectivity index (χ3v) is 4.41. The second-order valence-corrected chi connectivity index (χ2v) is 6.32. The van der Waals surface area contributed by atoms with E-state index in [-0.39, 0.29) is 5.91 Å². The molecule has 5 nitrogen and oxygen atoms in total. The van der Waals surface area contributed by atoms with E-state index >= 15 is 0 Å². The Labute approximate surface area is 155 Å². The van der Waals surface area contributed by atoms with Crippen molar-refractivity contribution in [1.29, 1.82) is 0 Å². The molecule has 128 valence electrons. The van der Waals surface area contributed by atoms with Gasteiger partial charge in [0.15, 0.2) is 0 Å². The largest absolute Gasteiger partial charge is 0.329 e. The molecule has 0 saturated carbocycles. The number of nitrogens with zero attached hydrogens (tertiary/aromatic N) is 3. The number of amides is 1. The normalized spacial score (nSPS) is 11.4. The predicted octanol–water partition coefficient (Wildman–Crippen LogP) is 4.44. The smallest absolute Gasteiger partial charge is 0.271 e. The van der Waals surface area contributed by atoms with Gasteiger partial charge in [-0.3, -0.25) is 4.79 Å². The van der Waals surface area contributed by atoms with Crippen LogP contribution >= 0.6 is 23.2 Å². The number of aromatic nitrogens is 2. The minimum absolute atomic E-state index is 0.313. The van der Waals surface area contributed by atoms with E-state index in [0.29, 0.717) is 21.2 Å². The lowest BCUT2D eigenvalue weighted by Crippen LogP contribution is -2.17. The van der Waals surface area contributed by atoms with Crippen molar-refractivity contribution in [3.05, 3.63) is 63.4 Å². The first-order valence-electron chi connectivity index (χ1n) is 7.75. The Morgan fingerprint density at radius 1 is 1.28 bits per heavy atom. The van der Waals surface area contributed by atoms with Gasteiger partial charge in [0.05, 0.1) is 22.3 Å². The number of benzene rings is 2. The van der Waals surface area contributed by atoms with Crippen LogP contribution in [-0.2, 0) is 6.54 Å². The summed E-state index contributed by atoms with van der Waals surface area (Å²) >= 11 is 11.9. The number of hydrazone groups is 1. The molecule has 0 bridgehead atoms. The van der Waals surface area contributed by atoms with E-state index in [1.807, 2.05) is 13.0 Å². The summed E-state index contributed by atoms with van der Waals surface area (Å²) < 4.78 is 2.09. The number of aryl methyl sites for hydroxylation is 2. The van der Waals surface area contributed by atoms with E-state index in [9.17, 15) is 4.79 Å². The van der Waals surface area contributed by atoms with Crippen LogP contribution in [0.3, 0.4) is 0 Å². The van der Waals surface area contributed by atoms with E-state index in [0.717, 1.165) is 23.4 Å². The Morgan fingerprint density at radius 3 is 2.80 bits per heavy atom. The van der Waals surface area contributed by atoms with Gasteiger partial charge >= 0.3 is 0 Å². The first-order chi connectivity index (χ1) is 12.0. The van der Waals surface area contributed by atoms with Crippen molar-refractivity contribution in [3.8, 4) is 0 Å². The van der Waals surface area contributed by atoms with Gasteiger partial charge in [0.25, 0.3) is 5.91 Å². The number of carbonyl (C=O) groups excluding carboxylic acids is 1. The Balaban J connectivity index is 1.77. The van der Waals surface area contributed by atoms with E-state index in [1.165, 1.54) is 6.21 Å². The fraction of sp³-hybridized carbons (Fsp3) is 0.167. The number of fused-ring (bicyclic) bond motifs is 1. The molecule has 1 heterocycles. The van der Waals surface area contributed by atoms with Gasteiger partial charge in [-0.15, -0.1) is 0 Å². The van der Waals surface area contributed by atoms with Crippen LogP contribution in [0.5, 0.6) is 0 Å². The zero-order valence-corrected chi connectivity index (χ0v) is 15.3. The van der Waals surface area contributed by atoms with Gasteiger partial charge in [0.1, 0.15) is 5.82 Å². The molecule has 0 aliphatic carbocycles. The number of hydrogen-bond donors (Lipinski definition) is 1. The standard InChI is InChI=1S/C18H16Cl2N4O/c1-3-24-11(2)22-16-8-12(5-7-17(16)24)18(25)23-21-10-13-4-6-14(19)9-15(13)20/h4-10H,3H2,1-2H3,(H,23,25)/b21-10-. The molecular formula is C18H16Cl2N4O. The van der Waals surface area contributed by atoms with Crippen LogP contribution in [0.2, 0.25) is 10.0 Å².